The lowest BCUT2D eigenvalue weighted by molar-refractivity contribution is 0.483. The number of anilines is 1. The minimum Gasteiger partial charge on any atom is -0.384 e. The van der Waals surface area contributed by atoms with Gasteiger partial charge in [0.1, 0.15) is 0 Å². The van der Waals surface area contributed by atoms with Gasteiger partial charge in [0.15, 0.2) is 0 Å². The molecule has 0 unspecified atom stereocenters. The van der Waals surface area contributed by atoms with Crippen molar-refractivity contribution >= 4 is 5.69 Å². The van der Waals surface area contributed by atoms with Crippen molar-refractivity contribution in [3.8, 4) is 0 Å². The fourth-order valence-corrected chi connectivity index (χ4v) is 2.40. The van der Waals surface area contributed by atoms with Crippen LogP contribution in [-0.4, -0.2) is 11.5 Å². The molecule has 1 heterocycles. The second kappa shape index (κ2) is 5.88. The average molecular weight is 218 g/mol. The Morgan fingerprint density at radius 2 is 1.94 bits per heavy atom. The molecule has 0 bridgehead atoms. The highest BCUT2D eigenvalue weighted by Crippen LogP contribution is 2.23. The molecular formula is C14H22N2. The van der Waals surface area contributed by atoms with E-state index < -0.39 is 0 Å². The lowest BCUT2D eigenvalue weighted by Gasteiger charge is -2.15. The van der Waals surface area contributed by atoms with Gasteiger partial charge in [-0.2, -0.15) is 0 Å². The Morgan fingerprint density at radius 3 is 2.56 bits per heavy atom. The summed E-state index contributed by atoms with van der Waals surface area (Å²) in [7, 11) is 0. The third kappa shape index (κ3) is 3.51. The maximum Gasteiger partial charge on any atom is 0.0527 e. The Bertz CT molecular complexity index is 297. The second-order valence-electron chi connectivity index (χ2n) is 4.93. The van der Waals surface area contributed by atoms with Crippen LogP contribution in [0, 0.1) is 12.8 Å². The van der Waals surface area contributed by atoms with E-state index in [2.05, 4.69) is 22.4 Å². The minimum atomic E-state index is 0.865. The summed E-state index contributed by atoms with van der Waals surface area (Å²) >= 11 is 0. The molecule has 1 fully saturated rings. The van der Waals surface area contributed by atoms with E-state index in [9.17, 15) is 0 Å². The summed E-state index contributed by atoms with van der Waals surface area (Å²) in [6, 6.07) is 4.19. The van der Waals surface area contributed by atoms with Gasteiger partial charge < -0.3 is 5.32 Å². The maximum atomic E-state index is 4.30. The molecule has 0 atom stereocenters. The first-order chi connectivity index (χ1) is 7.84. The first-order valence-corrected chi connectivity index (χ1v) is 6.51. The van der Waals surface area contributed by atoms with Crippen molar-refractivity contribution in [2.45, 2.75) is 45.4 Å². The molecule has 0 spiro atoms. The SMILES string of the molecule is Cc1ccc(NCC2CCCCCC2)cn1. The van der Waals surface area contributed by atoms with Gasteiger partial charge in [-0.05, 0) is 37.8 Å². The highest BCUT2D eigenvalue weighted by Gasteiger charge is 2.11. The van der Waals surface area contributed by atoms with E-state index in [1.54, 1.807) is 0 Å². The maximum absolute atomic E-state index is 4.30. The number of rotatable bonds is 3. The van der Waals surface area contributed by atoms with E-state index in [-0.39, 0.29) is 0 Å². The van der Waals surface area contributed by atoms with Gasteiger partial charge in [0, 0.05) is 12.2 Å². The van der Waals surface area contributed by atoms with Crippen LogP contribution in [0.3, 0.4) is 0 Å². The smallest absolute Gasteiger partial charge is 0.0527 e. The van der Waals surface area contributed by atoms with Crippen molar-refractivity contribution in [2.24, 2.45) is 5.92 Å². The van der Waals surface area contributed by atoms with Gasteiger partial charge in [-0.15, -0.1) is 0 Å². The minimum absolute atomic E-state index is 0.865. The Balaban J connectivity index is 1.79. The Hall–Kier alpha value is -1.05. The molecule has 1 aromatic rings. The van der Waals surface area contributed by atoms with Crippen molar-refractivity contribution in [2.75, 3.05) is 11.9 Å². The van der Waals surface area contributed by atoms with Crippen LogP contribution in [0.1, 0.15) is 44.2 Å². The second-order valence-corrected chi connectivity index (χ2v) is 4.93. The number of pyridine rings is 1. The van der Waals surface area contributed by atoms with Crippen molar-refractivity contribution in [1.29, 1.82) is 0 Å². The number of nitrogens with zero attached hydrogens (tertiary/aromatic N) is 1. The topological polar surface area (TPSA) is 24.9 Å². The Kier molecular flexibility index (Phi) is 4.20. The predicted molar refractivity (Wildman–Crippen MR) is 68.7 cm³/mol. The normalized spacial score (nSPS) is 18.1. The number of hydrogen-bond acceptors (Lipinski definition) is 2. The zero-order valence-corrected chi connectivity index (χ0v) is 10.2. The molecule has 0 saturated heterocycles. The van der Waals surface area contributed by atoms with Crippen LogP contribution in [0.15, 0.2) is 18.3 Å². The molecule has 0 aliphatic heterocycles. The van der Waals surface area contributed by atoms with Gasteiger partial charge in [-0.1, -0.05) is 25.7 Å². The zero-order valence-electron chi connectivity index (χ0n) is 10.2. The van der Waals surface area contributed by atoms with E-state index in [0.29, 0.717) is 0 Å². The third-order valence-electron chi connectivity index (χ3n) is 3.48. The predicted octanol–water partition coefficient (Wildman–Crippen LogP) is 3.77. The molecular weight excluding hydrogens is 196 g/mol. The quantitative estimate of drug-likeness (QED) is 0.781. The van der Waals surface area contributed by atoms with Crippen molar-refractivity contribution in [1.82, 2.24) is 4.98 Å². The molecule has 2 rings (SSSR count). The largest absolute Gasteiger partial charge is 0.384 e. The summed E-state index contributed by atoms with van der Waals surface area (Å²) < 4.78 is 0. The van der Waals surface area contributed by atoms with Crippen LogP contribution in [0.2, 0.25) is 0 Å². The standard InChI is InChI=1S/C14H22N2/c1-12-8-9-14(11-15-12)16-10-13-6-4-2-3-5-7-13/h8-9,11,13,16H,2-7,10H2,1H3. The average Bonchev–Trinajstić information content (AvgIpc) is 2.57. The Morgan fingerprint density at radius 1 is 1.19 bits per heavy atom. The summed E-state index contributed by atoms with van der Waals surface area (Å²) in [5.41, 5.74) is 2.25. The summed E-state index contributed by atoms with van der Waals surface area (Å²) in [6.45, 7) is 3.14. The van der Waals surface area contributed by atoms with E-state index in [1.165, 1.54) is 38.5 Å². The van der Waals surface area contributed by atoms with Gasteiger partial charge in [-0.3, -0.25) is 4.98 Å². The van der Waals surface area contributed by atoms with Crippen molar-refractivity contribution in [3.63, 3.8) is 0 Å². The van der Waals surface area contributed by atoms with Crippen LogP contribution < -0.4 is 5.32 Å². The number of aryl methyl sites for hydroxylation is 1. The first kappa shape index (κ1) is 11.4. The van der Waals surface area contributed by atoms with E-state index in [0.717, 1.165) is 23.8 Å². The van der Waals surface area contributed by atoms with Crippen molar-refractivity contribution < 1.29 is 0 Å². The monoisotopic (exact) mass is 218 g/mol. The van der Waals surface area contributed by atoms with Crippen molar-refractivity contribution in [3.05, 3.63) is 24.0 Å². The lowest BCUT2D eigenvalue weighted by Crippen LogP contribution is -2.13. The molecule has 2 nitrogen and oxygen atoms in total. The highest BCUT2D eigenvalue weighted by atomic mass is 14.9. The lowest BCUT2D eigenvalue weighted by atomic mass is 10.0. The molecule has 0 amide bonds. The highest BCUT2D eigenvalue weighted by molar-refractivity contribution is 5.40. The van der Waals surface area contributed by atoms with Gasteiger partial charge in [0.2, 0.25) is 0 Å². The number of nitrogens with one attached hydrogen (secondary N) is 1. The molecule has 0 aromatic carbocycles. The third-order valence-corrected chi connectivity index (χ3v) is 3.48. The fraction of sp³-hybridized carbons (Fsp3) is 0.643. The van der Waals surface area contributed by atoms with Gasteiger partial charge in [0.25, 0.3) is 0 Å². The molecule has 1 N–H and O–H groups in total. The molecule has 88 valence electrons. The van der Waals surface area contributed by atoms with Crippen LogP contribution in [0.25, 0.3) is 0 Å². The van der Waals surface area contributed by atoms with Crippen LogP contribution in [0.5, 0.6) is 0 Å². The number of aromatic nitrogens is 1. The van der Waals surface area contributed by atoms with Crippen LogP contribution in [0.4, 0.5) is 5.69 Å². The van der Waals surface area contributed by atoms with Crippen LogP contribution in [-0.2, 0) is 0 Å². The summed E-state index contributed by atoms with van der Waals surface area (Å²) in [4.78, 5) is 4.30. The molecule has 0 radical (unpaired) electrons. The van der Waals surface area contributed by atoms with E-state index >= 15 is 0 Å². The first-order valence-electron chi connectivity index (χ1n) is 6.51. The van der Waals surface area contributed by atoms with Gasteiger partial charge in [0.05, 0.1) is 11.9 Å². The summed E-state index contributed by atoms with van der Waals surface area (Å²) in [5.74, 6) is 0.865. The Labute approximate surface area is 98.5 Å². The number of hydrogen-bond donors (Lipinski definition) is 1. The molecule has 2 heteroatoms. The summed E-state index contributed by atoms with van der Waals surface area (Å²) in [6.07, 6.45) is 10.4. The van der Waals surface area contributed by atoms with Crippen LogP contribution >= 0.6 is 0 Å². The fourth-order valence-electron chi connectivity index (χ4n) is 2.40. The molecule has 1 aliphatic carbocycles. The molecule has 1 aliphatic rings. The molecule has 1 saturated carbocycles. The summed E-state index contributed by atoms with van der Waals surface area (Å²) in [5, 5.41) is 3.51. The van der Waals surface area contributed by atoms with Gasteiger partial charge in [-0.25, -0.2) is 0 Å². The van der Waals surface area contributed by atoms with E-state index in [4.69, 9.17) is 0 Å². The molecule has 1 aromatic heterocycles. The van der Waals surface area contributed by atoms with E-state index in [1.807, 2.05) is 13.1 Å². The van der Waals surface area contributed by atoms with Gasteiger partial charge >= 0.3 is 0 Å². The molecule has 16 heavy (non-hydrogen) atoms. The zero-order chi connectivity index (χ0) is 11.2.